The van der Waals surface area contributed by atoms with Crippen LogP contribution in [0.25, 0.3) is 0 Å². The molecule has 3 unspecified atom stereocenters. The van der Waals surface area contributed by atoms with E-state index >= 15 is 0 Å². The molecule has 8 heteroatoms. The Labute approximate surface area is 116 Å². The maximum atomic E-state index is 11.5. The monoisotopic (exact) mass is 286 g/mol. The number of hydrogen-bond acceptors (Lipinski definition) is 7. The molecule has 2 heterocycles. The smallest absolute Gasteiger partial charge is 0.267 e. The number of aliphatic hydroxyl groups is 1. The Bertz CT molecular complexity index is 507. The maximum Gasteiger partial charge on any atom is 0.267 e. The SMILES string of the molecule is CCC(O)C1CCC(Nc2nc(N)[nH]c(=O)c2S)O1. The van der Waals surface area contributed by atoms with Crippen molar-refractivity contribution in [2.75, 3.05) is 11.1 Å². The number of H-pyrrole nitrogens is 1. The first-order valence-electron chi connectivity index (χ1n) is 6.20. The van der Waals surface area contributed by atoms with Crippen molar-refractivity contribution < 1.29 is 9.84 Å². The number of nitrogens with zero attached hydrogens (tertiary/aromatic N) is 1. The van der Waals surface area contributed by atoms with Crippen LogP contribution in [0.1, 0.15) is 26.2 Å². The number of aliphatic hydroxyl groups excluding tert-OH is 1. The van der Waals surface area contributed by atoms with Crippen LogP contribution >= 0.6 is 12.6 Å². The van der Waals surface area contributed by atoms with E-state index in [0.29, 0.717) is 12.2 Å². The van der Waals surface area contributed by atoms with Crippen molar-refractivity contribution >= 4 is 24.4 Å². The largest absolute Gasteiger partial charge is 0.390 e. The Morgan fingerprint density at radius 3 is 3.11 bits per heavy atom. The van der Waals surface area contributed by atoms with Crippen LogP contribution in [-0.2, 0) is 4.74 Å². The van der Waals surface area contributed by atoms with Crippen molar-refractivity contribution in [3.05, 3.63) is 10.4 Å². The zero-order valence-corrected chi connectivity index (χ0v) is 11.5. The van der Waals surface area contributed by atoms with Gasteiger partial charge in [0.1, 0.15) is 11.1 Å². The summed E-state index contributed by atoms with van der Waals surface area (Å²) in [5.74, 6) is 0.315. The first-order valence-corrected chi connectivity index (χ1v) is 6.64. The van der Waals surface area contributed by atoms with E-state index < -0.39 is 11.7 Å². The van der Waals surface area contributed by atoms with Gasteiger partial charge in [0.15, 0.2) is 5.82 Å². The molecule has 7 nitrogen and oxygen atoms in total. The van der Waals surface area contributed by atoms with Crippen molar-refractivity contribution in [2.45, 2.75) is 49.5 Å². The Kier molecular flexibility index (Phi) is 4.33. The first-order chi connectivity index (χ1) is 9.01. The molecule has 0 aliphatic carbocycles. The number of hydrogen-bond donors (Lipinski definition) is 5. The summed E-state index contributed by atoms with van der Waals surface area (Å²) in [6.45, 7) is 1.90. The predicted octanol–water partition coefficient (Wildman–Crippen LogP) is 0.329. The third kappa shape index (κ3) is 3.20. The Hall–Kier alpha value is -1.25. The minimum atomic E-state index is -0.473. The van der Waals surface area contributed by atoms with Gasteiger partial charge in [0.05, 0.1) is 12.2 Å². The molecule has 1 aromatic heterocycles. The topological polar surface area (TPSA) is 113 Å². The molecule has 0 saturated carbocycles. The van der Waals surface area contributed by atoms with E-state index in [4.69, 9.17) is 10.5 Å². The van der Waals surface area contributed by atoms with Gasteiger partial charge in [-0.3, -0.25) is 9.78 Å². The minimum Gasteiger partial charge on any atom is -0.390 e. The highest BCUT2D eigenvalue weighted by molar-refractivity contribution is 7.80. The highest BCUT2D eigenvalue weighted by atomic mass is 32.1. The van der Waals surface area contributed by atoms with E-state index in [1.54, 1.807) is 0 Å². The Balaban J connectivity index is 2.05. The van der Waals surface area contributed by atoms with Gasteiger partial charge in [0.2, 0.25) is 5.95 Å². The number of aromatic amines is 1. The van der Waals surface area contributed by atoms with Gasteiger partial charge in [-0.15, -0.1) is 12.6 Å². The third-order valence-corrected chi connectivity index (χ3v) is 3.53. The van der Waals surface area contributed by atoms with Gasteiger partial charge in [-0.25, -0.2) is 0 Å². The first kappa shape index (κ1) is 14.2. The molecule has 0 radical (unpaired) electrons. The summed E-state index contributed by atoms with van der Waals surface area (Å²) in [6.07, 6.45) is 1.16. The summed E-state index contributed by atoms with van der Waals surface area (Å²) in [5.41, 5.74) is 5.08. The Morgan fingerprint density at radius 1 is 1.68 bits per heavy atom. The summed E-state index contributed by atoms with van der Waals surface area (Å²) >= 11 is 4.08. The van der Waals surface area contributed by atoms with Crippen LogP contribution < -0.4 is 16.6 Å². The quantitative estimate of drug-likeness (QED) is 0.510. The molecule has 5 N–H and O–H groups in total. The molecule has 0 aromatic carbocycles. The van der Waals surface area contributed by atoms with Gasteiger partial charge >= 0.3 is 0 Å². The second kappa shape index (κ2) is 5.81. The highest BCUT2D eigenvalue weighted by Crippen LogP contribution is 2.25. The van der Waals surface area contributed by atoms with Crippen LogP contribution in [0.5, 0.6) is 0 Å². The molecular formula is C11H18N4O3S. The average molecular weight is 286 g/mol. The summed E-state index contributed by atoms with van der Waals surface area (Å²) in [5, 5.41) is 12.7. The molecule has 3 atom stereocenters. The zero-order valence-electron chi connectivity index (χ0n) is 10.6. The van der Waals surface area contributed by atoms with Crippen LogP contribution in [0.4, 0.5) is 11.8 Å². The standard InChI is InChI=1S/C11H18N4O3S/c1-2-5(16)6-3-4-7(18-6)13-9-8(19)10(17)15-11(12)14-9/h5-7,16,19H,2-4H2,1H3,(H4,12,13,14,15,17). The lowest BCUT2D eigenvalue weighted by Gasteiger charge is -2.19. The molecule has 1 aliphatic rings. The Morgan fingerprint density at radius 2 is 2.42 bits per heavy atom. The van der Waals surface area contributed by atoms with Crippen molar-refractivity contribution in [1.82, 2.24) is 9.97 Å². The van der Waals surface area contributed by atoms with Crippen molar-refractivity contribution in [3.63, 3.8) is 0 Å². The van der Waals surface area contributed by atoms with Gasteiger partial charge in [-0.05, 0) is 19.3 Å². The summed E-state index contributed by atoms with van der Waals surface area (Å²) < 4.78 is 5.66. The number of thiol groups is 1. The van der Waals surface area contributed by atoms with E-state index in [0.717, 1.165) is 12.8 Å². The van der Waals surface area contributed by atoms with Crippen LogP contribution in [0.2, 0.25) is 0 Å². The van der Waals surface area contributed by atoms with Gasteiger partial charge in [0, 0.05) is 0 Å². The lowest BCUT2D eigenvalue weighted by atomic mass is 10.1. The van der Waals surface area contributed by atoms with Gasteiger partial charge in [-0.1, -0.05) is 6.92 Å². The van der Waals surface area contributed by atoms with Crippen molar-refractivity contribution in [3.8, 4) is 0 Å². The van der Waals surface area contributed by atoms with E-state index in [9.17, 15) is 9.90 Å². The molecule has 0 amide bonds. The molecule has 1 aromatic rings. The molecule has 0 spiro atoms. The molecule has 0 bridgehead atoms. The van der Waals surface area contributed by atoms with Gasteiger partial charge < -0.3 is 20.9 Å². The zero-order chi connectivity index (χ0) is 14.0. The van der Waals surface area contributed by atoms with E-state index in [2.05, 4.69) is 27.9 Å². The minimum absolute atomic E-state index is 0.0217. The van der Waals surface area contributed by atoms with Crippen LogP contribution in [0.3, 0.4) is 0 Å². The fourth-order valence-electron chi connectivity index (χ4n) is 2.05. The van der Waals surface area contributed by atoms with Crippen LogP contribution in [0.15, 0.2) is 9.69 Å². The molecule has 1 fully saturated rings. The summed E-state index contributed by atoms with van der Waals surface area (Å²) in [4.78, 5) is 18.0. The maximum absolute atomic E-state index is 11.5. The number of anilines is 2. The summed E-state index contributed by atoms with van der Waals surface area (Å²) in [7, 11) is 0. The lowest BCUT2D eigenvalue weighted by Crippen LogP contribution is -2.29. The number of aromatic nitrogens is 2. The second-order valence-corrected chi connectivity index (χ2v) is 4.96. The molecule has 1 aliphatic heterocycles. The van der Waals surface area contributed by atoms with Crippen LogP contribution in [0, 0.1) is 0 Å². The fraction of sp³-hybridized carbons (Fsp3) is 0.636. The summed E-state index contributed by atoms with van der Waals surface area (Å²) in [6, 6.07) is 0. The number of rotatable bonds is 4. The van der Waals surface area contributed by atoms with E-state index in [-0.39, 0.29) is 23.2 Å². The average Bonchev–Trinajstić information content (AvgIpc) is 2.83. The van der Waals surface area contributed by atoms with Crippen molar-refractivity contribution in [1.29, 1.82) is 0 Å². The molecule has 1 saturated heterocycles. The predicted molar refractivity (Wildman–Crippen MR) is 74.3 cm³/mol. The molecular weight excluding hydrogens is 268 g/mol. The normalized spacial score (nSPS) is 24.4. The number of nitrogen functional groups attached to an aromatic ring is 1. The van der Waals surface area contributed by atoms with Gasteiger partial charge in [-0.2, -0.15) is 4.98 Å². The molecule has 2 rings (SSSR count). The van der Waals surface area contributed by atoms with E-state index in [1.807, 2.05) is 6.92 Å². The number of ether oxygens (including phenoxy) is 1. The fourth-order valence-corrected chi connectivity index (χ4v) is 2.22. The van der Waals surface area contributed by atoms with Crippen molar-refractivity contribution in [2.24, 2.45) is 0 Å². The molecule has 106 valence electrons. The van der Waals surface area contributed by atoms with E-state index in [1.165, 1.54) is 0 Å². The number of nitrogens with two attached hydrogens (primary N) is 1. The lowest BCUT2D eigenvalue weighted by molar-refractivity contribution is -0.0270. The number of nitrogens with one attached hydrogen (secondary N) is 2. The van der Waals surface area contributed by atoms with Gasteiger partial charge in [0.25, 0.3) is 5.56 Å². The second-order valence-electron chi connectivity index (χ2n) is 4.51. The highest BCUT2D eigenvalue weighted by Gasteiger charge is 2.30. The third-order valence-electron chi connectivity index (χ3n) is 3.11. The van der Waals surface area contributed by atoms with Crippen LogP contribution in [-0.4, -0.2) is 33.5 Å². The molecule has 19 heavy (non-hydrogen) atoms.